The number of aryl methyl sites for hydroxylation is 1. The summed E-state index contributed by atoms with van der Waals surface area (Å²) in [6.45, 7) is 2.90. The molecule has 2 aromatic rings. The molecule has 1 fully saturated rings. The van der Waals surface area contributed by atoms with Crippen molar-refractivity contribution in [3.8, 4) is 0 Å². The number of nitrogens with zero attached hydrogens (tertiary/aromatic N) is 2. The van der Waals surface area contributed by atoms with Gasteiger partial charge in [-0.05, 0) is 25.8 Å². The molecule has 3 rings (SSSR count). The molecule has 1 aromatic heterocycles. The maximum absolute atomic E-state index is 13.6. The highest BCUT2D eigenvalue weighted by molar-refractivity contribution is 6.31. The van der Waals surface area contributed by atoms with E-state index in [4.69, 9.17) is 27.9 Å². The molecule has 1 aliphatic heterocycles. The fourth-order valence-electron chi connectivity index (χ4n) is 3.00. The molecule has 2 atom stereocenters. The molecule has 0 radical (unpaired) electrons. The van der Waals surface area contributed by atoms with Crippen molar-refractivity contribution in [2.75, 3.05) is 12.5 Å². The molecule has 1 saturated heterocycles. The number of hydrogen-bond acceptors (Lipinski definition) is 2. The van der Waals surface area contributed by atoms with Gasteiger partial charge in [0.2, 0.25) is 0 Å². The topological polar surface area (TPSA) is 27.1 Å². The van der Waals surface area contributed by atoms with Gasteiger partial charge in [0.15, 0.2) is 0 Å². The predicted molar refractivity (Wildman–Crippen MR) is 82.8 cm³/mol. The number of imidazole rings is 1. The Kier molecular flexibility index (Phi) is 4.38. The highest BCUT2D eigenvalue weighted by Gasteiger charge is 2.27. The number of ether oxygens (including phenoxy) is 1. The van der Waals surface area contributed by atoms with E-state index in [1.807, 2.05) is 0 Å². The van der Waals surface area contributed by atoms with Crippen molar-refractivity contribution >= 4 is 34.2 Å². The number of halogens is 3. The van der Waals surface area contributed by atoms with E-state index in [9.17, 15) is 4.39 Å². The van der Waals surface area contributed by atoms with Gasteiger partial charge in [-0.1, -0.05) is 11.6 Å². The van der Waals surface area contributed by atoms with E-state index in [1.165, 1.54) is 6.07 Å². The lowest BCUT2D eigenvalue weighted by Gasteiger charge is -2.23. The van der Waals surface area contributed by atoms with E-state index in [0.717, 1.165) is 30.8 Å². The third-order valence-electron chi connectivity index (χ3n) is 4.03. The first kappa shape index (κ1) is 15.1. The molecule has 1 aromatic carbocycles. The molecule has 3 nitrogen and oxygen atoms in total. The normalized spacial score (nSPS) is 20.3. The number of benzene rings is 1. The van der Waals surface area contributed by atoms with Crippen LogP contribution in [0.25, 0.3) is 11.0 Å². The van der Waals surface area contributed by atoms with Crippen LogP contribution in [0.15, 0.2) is 12.1 Å². The number of hydrogen-bond donors (Lipinski definition) is 0. The Morgan fingerprint density at radius 2 is 2.33 bits per heavy atom. The van der Waals surface area contributed by atoms with Crippen LogP contribution in [0.2, 0.25) is 5.02 Å². The van der Waals surface area contributed by atoms with E-state index in [1.54, 1.807) is 6.07 Å². The molecular formula is C15H17Cl2FN2O. The Hall–Kier alpha value is -0.840. The molecule has 0 saturated carbocycles. The molecule has 114 valence electrons. The van der Waals surface area contributed by atoms with Gasteiger partial charge in [-0.3, -0.25) is 0 Å². The Morgan fingerprint density at radius 1 is 1.52 bits per heavy atom. The van der Waals surface area contributed by atoms with Gasteiger partial charge in [0.05, 0.1) is 28.2 Å². The van der Waals surface area contributed by atoms with E-state index in [2.05, 4.69) is 16.5 Å². The molecule has 0 spiro atoms. The summed E-state index contributed by atoms with van der Waals surface area (Å²) < 4.78 is 21.5. The smallest absolute Gasteiger partial charge is 0.144 e. The maximum Gasteiger partial charge on any atom is 0.144 e. The highest BCUT2D eigenvalue weighted by Crippen LogP contribution is 2.31. The lowest BCUT2D eigenvalue weighted by Crippen LogP contribution is -2.22. The summed E-state index contributed by atoms with van der Waals surface area (Å²) in [4.78, 5) is 4.52. The molecule has 0 aliphatic carbocycles. The molecule has 21 heavy (non-hydrogen) atoms. The van der Waals surface area contributed by atoms with Crippen LogP contribution in [0.1, 0.15) is 31.6 Å². The second-order valence-corrected chi connectivity index (χ2v) is 6.17. The summed E-state index contributed by atoms with van der Waals surface area (Å²) in [6.07, 6.45) is 2.88. The number of aromatic nitrogens is 2. The largest absolute Gasteiger partial charge is 0.376 e. The van der Waals surface area contributed by atoms with Gasteiger partial charge in [0, 0.05) is 25.0 Å². The Balaban J connectivity index is 2.12. The molecule has 1 aliphatic rings. The average Bonchev–Trinajstić information content (AvgIpc) is 3.07. The average molecular weight is 331 g/mol. The third kappa shape index (κ3) is 2.77. The SMILES string of the molecule is CC(C1CCCO1)n1c(CCCl)nc2cc(F)c(Cl)cc21. The fraction of sp³-hybridized carbons (Fsp3) is 0.533. The Morgan fingerprint density at radius 3 is 3.00 bits per heavy atom. The van der Waals surface area contributed by atoms with E-state index < -0.39 is 5.82 Å². The zero-order valence-electron chi connectivity index (χ0n) is 11.8. The first-order valence-electron chi connectivity index (χ1n) is 7.15. The van der Waals surface area contributed by atoms with Gasteiger partial charge >= 0.3 is 0 Å². The predicted octanol–water partition coefficient (Wildman–Crippen LogP) is 4.35. The van der Waals surface area contributed by atoms with Crippen molar-refractivity contribution in [2.24, 2.45) is 0 Å². The molecule has 0 N–H and O–H groups in total. The number of fused-ring (bicyclic) bond motifs is 1. The standard InChI is InChI=1S/C15H17Cl2FN2O/c1-9(14-3-2-6-21-14)20-13-7-10(17)11(18)8-12(13)19-15(20)4-5-16/h7-9,14H,2-6H2,1H3. The second kappa shape index (κ2) is 6.11. The molecular weight excluding hydrogens is 314 g/mol. The third-order valence-corrected chi connectivity index (χ3v) is 4.51. The zero-order chi connectivity index (χ0) is 15.0. The summed E-state index contributed by atoms with van der Waals surface area (Å²) in [5, 5.41) is 0.112. The van der Waals surface area contributed by atoms with Gasteiger partial charge in [-0.15, -0.1) is 11.6 Å². The Bertz CT molecular complexity index is 653. The van der Waals surface area contributed by atoms with Crippen LogP contribution in [-0.4, -0.2) is 28.1 Å². The summed E-state index contributed by atoms with van der Waals surface area (Å²) >= 11 is 11.8. The van der Waals surface area contributed by atoms with E-state index in [0.29, 0.717) is 17.8 Å². The van der Waals surface area contributed by atoms with E-state index in [-0.39, 0.29) is 17.2 Å². The minimum atomic E-state index is -0.448. The minimum absolute atomic E-state index is 0.112. The maximum atomic E-state index is 13.6. The van der Waals surface area contributed by atoms with Crippen LogP contribution in [0.5, 0.6) is 0 Å². The summed E-state index contributed by atoms with van der Waals surface area (Å²) in [5.41, 5.74) is 1.45. The van der Waals surface area contributed by atoms with Gasteiger partial charge in [-0.25, -0.2) is 9.37 Å². The van der Waals surface area contributed by atoms with Crippen LogP contribution < -0.4 is 0 Å². The first-order chi connectivity index (χ1) is 10.1. The highest BCUT2D eigenvalue weighted by atomic mass is 35.5. The summed E-state index contributed by atoms with van der Waals surface area (Å²) in [6, 6.07) is 3.15. The number of rotatable bonds is 4. The van der Waals surface area contributed by atoms with Crippen LogP contribution >= 0.6 is 23.2 Å². The Labute approximate surface area is 133 Å². The van der Waals surface area contributed by atoms with Crippen LogP contribution in [0.3, 0.4) is 0 Å². The molecule has 2 unspecified atom stereocenters. The first-order valence-corrected chi connectivity index (χ1v) is 8.06. The monoisotopic (exact) mass is 330 g/mol. The second-order valence-electron chi connectivity index (χ2n) is 5.38. The van der Waals surface area contributed by atoms with Crippen molar-refractivity contribution < 1.29 is 9.13 Å². The van der Waals surface area contributed by atoms with Crippen molar-refractivity contribution in [1.82, 2.24) is 9.55 Å². The van der Waals surface area contributed by atoms with Gasteiger partial charge < -0.3 is 9.30 Å². The zero-order valence-corrected chi connectivity index (χ0v) is 13.3. The van der Waals surface area contributed by atoms with Crippen molar-refractivity contribution in [1.29, 1.82) is 0 Å². The van der Waals surface area contributed by atoms with Crippen LogP contribution in [-0.2, 0) is 11.2 Å². The molecule has 0 amide bonds. The lowest BCUT2D eigenvalue weighted by molar-refractivity contribution is 0.0736. The van der Waals surface area contributed by atoms with Crippen molar-refractivity contribution in [3.05, 3.63) is 28.8 Å². The van der Waals surface area contributed by atoms with Crippen molar-refractivity contribution in [3.63, 3.8) is 0 Å². The molecule has 0 bridgehead atoms. The quantitative estimate of drug-likeness (QED) is 0.779. The van der Waals surface area contributed by atoms with Crippen molar-refractivity contribution in [2.45, 2.75) is 38.3 Å². The molecule has 6 heteroatoms. The minimum Gasteiger partial charge on any atom is -0.376 e. The van der Waals surface area contributed by atoms with Crippen LogP contribution in [0.4, 0.5) is 4.39 Å². The number of alkyl halides is 1. The van der Waals surface area contributed by atoms with E-state index >= 15 is 0 Å². The lowest BCUT2D eigenvalue weighted by atomic mass is 10.1. The van der Waals surface area contributed by atoms with Crippen LogP contribution in [0, 0.1) is 5.82 Å². The van der Waals surface area contributed by atoms with Gasteiger partial charge in [0.25, 0.3) is 0 Å². The van der Waals surface area contributed by atoms with Gasteiger partial charge in [-0.2, -0.15) is 0 Å². The summed E-state index contributed by atoms with van der Waals surface area (Å²) in [7, 11) is 0. The van der Waals surface area contributed by atoms with Gasteiger partial charge in [0.1, 0.15) is 11.6 Å². The molecule has 2 heterocycles. The fourth-order valence-corrected chi connectivity index (χ4v) is 3.33. The summed E-state index contributed by atoms with van der Waals surface area (Å²) in [5.74, 6) is 0.873.